The van der Waals surface area contributed by atoms with E-state index >= 15 is 0 Å². The van der Waals surface area contributed by atoms with Crippen LogP contribution in [0.3, 0.4) is 0 Å². The van der Waals surface area contributed by atoms with Gasteiger partial charge in [-0.25, -0.2) is 9.97 Å². The molecule has 4 bridgehead atoms. The first-order chi connectivity index (χ1) is 23.8. The van der Waals surface area contributed by atoms with Crippen molar-refractivity contribution in [3.63, 3.8) is 0 Å². The zero-order valence-corrected chi connectivity index (χ0v) is 28.5. The topological polar surface area (TPSA) is 159 Å². The summed E-state index contributed by atoms with van der Waals surface area (Å²) in [6, 6.07) is 11.6. The molecule has 2 aromatic heterocycles. The van der Waals surface area contributed by atoms with Crippen LogP contribution in [0.2, 0.25) is 0 Å². The Morgan fingerprint density at radius 2 is 1.69 bits per heavy atom. The summed E-state index contributed by atoms with van der Waals surface area (Å²) in [5.74, 6) is 3.12. The van der Waals surface area contributed by atoms with Crippen LogP contribution >= 0.6 is 0 Å². The molecular formula is C38H48N8O3. The summed E-state index contributed by atoms with van der Waals surface area (Å²) in [6.07, 6.45) is 16.8. The number of nitrogens with zero attached hydrogens (tertiary/aromatic N) is 5. The van der Waals surface area contributed by atoms with Gasteiger partial charge in [-0.05, 0) is 105 Å². The summed E-state index contributed by atoms with van der Waals surface area (Å²) in [5, 5.41) is 16.4. The second-order valence-electron chi connectivity index (χ2n) is 14.4. The Morgan fingerprint density at radius 1 is 1.00 bits per heavy atom. The maximum Gasteiger partial charge on any atom is 0.258 e. The molecule has 3 aromatic rings. The molecule has 2 heterocycles. The van der Waals surface area contributed by atoms with E-state index in [1.807, 2.05) is 36.2 Å². The molecule has 4 N–H and O–H groups in total. The largest absolute Gasteiger partial charge is 0.470 e. The molecule has 4 aliphatic carbocycles. The van der Waals surface area contributed by atoms with Gasteiger partial charge in [-0.1, -0.05) is 12.5 Å². The van der Waals surface area contributed by atoms with Crippen LogP contribution < -0.4 is 26.0 Å². The number of ether oxygens (including phenoxy) is 1. The van der Waals surface area contributed by atoms with E-state index in [9.17, 15) is 14.9 Å². The van der Waals surface area contributed by atoms with E-state index in [-0.39, 0.29) is 35.7 Å². The molecule has 1 aromatic carbocycles. The summed E-state index contributed by atoms with van der Waals surface area (Å²) in [4.78, 5) is 40.0. The van der Waals surface area contributed by atoms with Crippen molar-refractivity contribution in [3.8, 4) is 23.2 Å². The Balaban J connectivity index is 0.882. The highest BCUT2D eigenvalue weighted by molar-refractivity contribution is 5.77. The lowest BCUT2D eigenvalue weighted by atomic mass is 9.53. The number of carbonyl (C=O) groups is 2. The van der Waals surface area contributed by atoms with E-state index in [2.05, 4.69) is 31.7 Å². The Labute approximate surface area is 289 Å². The number of carbonyl (C=O) groups excluding carboxylic acids is 2. The van der Waals surface area contributed by atoms with Crippen LogP contribution in [0.15, 0.2) is 48.9 Å². The van der Waals surface area contributed by atoms with Gasteiger partial charge in [-0.3, -0.25) is 14.6 Å². The van der Waals surface area contributed by atoms with Crippen LogP contribution in [0.25, 0.3) is 11.3 Å². The van der Waals surface area contributed by atoms with E-state index < -0.39 is 0 Å². The quantitative estimate of drug-likeness (QED) is 0.167. The number of rotatable bonds is 16. The highest BCUT2D eigenvalue weighted by atomic mass is 16.5. The molecule has 258 valence electrons. The SMILES string of the molecule is CN(CCCNC(=O)CCCCCC(=O)NC12CC3CC(CC(C3)C1)C2)c1ccc(-c2cnc(N)c(OCc3ccncc3)n2)cc1C#N. The molecule has 0 atom stereocenters. The lowest BCUT2D eigenvalue weighted by Gasteiger charge is -2.56. The third-order valence-electron chi connectivity index (χ3n) is 10.5. The van der Waals surface area contributed by atoms with Crippen LogP contribution in [0, 0.1) is 29.1 Å². The van der Waals surface area contributed by atoms with E-state index in [0.717, 1.165) is 60.3 Å². The zero-order valence-electron chi connectivity index (χ0n) is 28.5. The Kier molecular flexibility index (Phi) is 10.9. The number of hydrogen-bond donors (Lipinski definition) is 3. The summed E-state index contributed by atoms with van der Waals surface area (Å²) < 4.78 is 5.81. The molecule has 0 aliphatic heterocycles. The number of nitrogens with two attached hydrogens (primary N) is 1. The first-order valence-corrected chi connectivity index (χ1v) is 17.8. The Morgan fingerprint density at radius 3 is 2.39 bits per heavy atom. The monoisotopic (exact) mass is 664 g/mol. The van der Waals surface area contributed by atoms with Crippen LogP contribution in [0.5, 0.6) is 5.88 Å². The second kappa shape index (κ2) is 15.7. The molecule has 4 aliphatic rings. The molecule has 11 nitrogen and oxygen atoms in total. The van der Waals surface area contributed by atoms with Gasteiger partial charge >= 0.3 is 0 Å². The van der Waals surface area contributed by atoms with Crippen molar-refractivity contribution >= 4 is 23.3 Å². The van der Waals surface area contributed by atoms with Crippen molar-refractivity contribution in [1.82, 2.24) is 25.6 Å². The number of unbranched alkanes of at least 4 members (excludes halogenated alkanes) is 2. The van der Waals surface area contributed by atoms with Crippen molar-refractivity contribution < 1.29 is 14.3 Å². The molecule has 7 rings (SSSR count). The van der Waals surface area contributed by atoms with Crippen molar-refractivity contribution in [3.05, 3.63) is 60.0 Å². The van der Waals surface area contributed by atoms with Gasteiger partial charge in [0.1, 0.15) is 12.7 Å². The van der Waals surface area contributed by atoms with Gasteiger partial charge in [-0.2, -0.15) is 5.26 Å². The lowest BCUT2D eigenvalue weighted by Crippen LogP contribution is -2.59. The molecule has 0 radical (unpaired) electrons. The van der Waals surface area contributed by atoms with E-state index in [4.69, 9.17) is 10.5 Å². The summed E-state index contributed by atoms with van der Waals surface area (Å²) in [6.45, 7) is 1.50. The summed E-state index contributed by atoms with van der Waals surface area (Å²) in [7, 11) is 1.94. The van der Waals surface area contributed by atoms with Gasteiger partial charge < -0.3 is 26.0 Å². The minimum Gasteiger partial charge on any atom is -0.470 e. The second-order valence-corrected chi connectivity index (χ2v) is 14.4. The van der Waals surface area contributed by atoms with Gasteiger partial charge in [0, 0.05) is 56.5 Å². The number of anilines is 2. The standard InChI is InChI=1S/C38H48N8O3/c1-46(33-9-8-30(19-31(33)23-39)32-24-43-36(40)37(44-32)49-25-26-10-13-41-14-11-26)15-5-12-42-34(47)6-3-2-4-7-35(48)45-38-20-27-16-28(21-38)18-29(17-27)22-38/h8-11,13-14,19,24,27-29H,2-7,12,15-18,20-22,25H2,1H3,(H2,40,43)(H,42,47)(H,45,48). The molecular weight excluding hydrogens is 616 g/mol. The summed E-state index contributed by atoms with van der Waals surface area (Å²) in [5.41, 5.74) is 9.59. The van der Waals surface area contributed by atoms with Crippen LogP contribution in [0.4, 0.5) is 11.5 Å². The minimum absolute atomic E-state index is 0.0384. The smallest absolute Gasteiger partial charge is 0.258 e. The number of nitriles is 1. The fourth-order valence-corrected chi connectivity index (χ4v) is 8.50. The average Bonchev–Trinajstić information content (AvgIpc) is 3.09. The van der Waals surface area contributed by atoms with Crippen LogP contribution in [-0.4, -0.2) is 52.4 Å². The maximum atomic E-state index is 12.7. The van der Waals surface area contributed by atoms with Crippen LogP contribution in [-0.2, 0) is 16.2 Å². The Bertz CT molecular complexity index is 1620. The fourth-order valence-electron chi connectivity index (χ4n) is 8.50. The van der Waals surface area contributed by atoms with Crippen molar-refractivity contribution in [2.45, 2.75) is 89.2 Å². The number of nitrogens with one attached hydrogen (secondary N) is 2. The number of aromatic nitrogens is 3. The van der Waals surface area contributed by atoms with Gasteiger partial charge in [0.15, 0.2) is 5.82 Å². The van der Waals surface area contributed by atoms with Gasteiger partial charge in [0.25, 0.3) is 5.88 Å². The first kappa shape index (κ1) is 34.2. The van der Waals surface area contributed by atoms with E-state index in [0.29, 0.717) is 37.2 Å². The zero-order chi connectivity index (χ0) is 34.2. The number of amides is 2. The van der Waals surface area contributed by atoms with Gasteiger partial charge in [0.2, 0.25) is 11.8 Å². The third-order valence-corrected chi connectivity index (χ3v) is 10.5. The van der Waals surface area contributed by atoms with Crippen molar-refractivity contribution in [2.24, 2.45) is 17.8 Å². The molecule has 2 amide bonds. The van der Waals surface area contributed by atoms with Gasteiger partial charge in [-0.15, -0.1) is 0 Å². The molecule has 49 heavy (non-hydrogen) atoms. The highest BCUT2D eigenvalue weighted by Crippen LogP contribution is 2.55. The third kappa shape index (κ3) is 8.85. The Hall–Kier alpha value is -4.72. The molecule has 0 unspecified atom stereocenters. The van der Waals surface area contributed by atoms with Crippen molar-refractivity contribution in [1.29, 1.82) is 5.26 Å². The normalized spacial score (nSPS) is 21.9. The number of nitrogen functional groups attached to an aromatic ring is 1. The number of hydrogen-bond acceptors (Lipinski definition) is 9. The van der Waals surface area contributed by atoms with E-state index in [1.165, 1.54) is 38.5 Å². The van der Waals surface area contributed by atoms with Crippen LogP contribution in [0.1, 0.15) is 88.2 Å². The molecule has 4 fully saturated rings. The number of benzene rings is 1. The highest BCUT2D eigenvalue weighted by Gasteiger charge is 2.51. The summed E-state index contributed by atoms with van der Waals surface area (Å²) >= 11 is 0. The molecule has 0 spiro atoms. The first-order valence-electron chi connectivity index (χ1n) is 17.8. The predicted molar refractivity (Wildman–Crippen MR) is 188 cm³/mol. The molecule has 4 saturated carbocycles. The fraction of sp³-hybridized carbons (Fsp3) is 0.526. The van der Waals surface area contributed by atoms with Gasteiger partial charge in [0.05, 0.1) is 23.1 Å². The van der Waals surface area contributed by atoms with Crippen molar-refractivity contribution in [2.75, 3.05) is 30.8 Å². The molecule has 0 saturated heterocycles. The minimum atomic E-state index is 0.0384. The lowest BCUT2D eigenvalue weighted by molar-refractivity contribution is -0.127. The maximum absolute atomic E-state index is 12.7. The number of pyridine rings is 1. The van der Waals surface area contributed by atoms with E-state index in [1.54, 1.807) is 24.7 Å². The predicted octanol–water partition coefficient (Wildman–Crippen LogP) is 5.55. The average molecular weight is 665 g/mol. The molecule has 11 heteroatoms.